The van der Waals surface area contributed by atoms with Gasteiger partial charge in [-0.3, -0.25) is 14.6 Å². The second kappa shape index (κ2) is 5.95. The molecular weight excluding hydrogens is 310 g/mol. The van der Waals surface area contributed by atoms with Gasteiger partial charge in [0.25, 0.3) is 5.56 Å². The van der Waals surface area contributed by atoms with Crippen LogP contribution in [0.1, 0.15) is 32.1 Å². The molecular formula is C16H17N5O3. The summed E-state index contributed by atoms with van der Waals surface area (Å²) in [5.74, 6) is 1.32. The van der Waals surface area contributed by atoms with Gasteiger partial charge >= 0.3 is 0 Å². The number of furan rings is 1. The van der Waals surface area contributed by atoms with Gasteiger partial charge in [-0.25, -0.2) is 0 Å². The molecule has 0 bridgehead atoms. The van der Waals surface area contributed by atoms with Crippen LogP contribution in [0.4, 0.5) is 5.82 Å². The maximum atomic E-state index is 12.5. The Labute approximate surface area is 136 Å². The molecule has 3 aromatic heterocycles. The van der Waals surface area contributed by atoms with Gasteiger partial charge in [-0.05, 0) is 25.0 Å². The number of rotatable bonds is 3. The summed E-state index contributed by atoms with van der Waals surface area (Å²) in [6.07, 6.45) is 6.59. The minimum absolute atomic E-state index is 0.0128. The zero-order valence-electron chi connectivity index (χ0n) is 13.0. The van der Waals surface area contributed by atoms with Crippen molar-refractivity contribution in [2.24, 2.45) is 5.92 Å². The molecule has 2 N–H and O–H groups in total. The number of carbonyl (C=O) groups excluding carboxylic acids is 1. The fourth-order valence-electron chi connectivity index (χ4n) is 3.08. The lowest BCUT2D eigenvalue weighted by molar-refractivity contribution is -0.120. The van der Waals surface area contributed by atoms with Crippen LogP contribution in [0.15, 0.2) is 33.7 Å². The van der Waals surface area contributed by atoms with Crippen LogP contribution >= 0.6 is 0 Å². The molecule has 8 heteroatoms. The van der Waals surface area contributed by atoms with Gasteiger partial charge in [0.05, 0.1) is 6.26 Å². The van der Waals surface area contributed by atoms with E-state index in [9.17, 15) is 9.59 Å². The van der Waals surface area contributed by atoms with Crippen molar-refractivity contribution in [1.29, 1.82) is 0 Å². The van der Waals surface area contributed by atoms with Crippen LogP contribution < -0.4 is 10.9 Å². The number of hydrogen-bond donors (Lipinski definition) is 2. The van der Waals surface area contributed by atoms with Crippen LogP contribution in [-0.4, -0.2) is 25.5 Å². The fraction of sp³-hybridized carbons (Fsp3) is 0.375. The van der Waals surface area contributed by atoms with Gasteiger partial charge in [-0.1, -0.05) is 19.3 Å². The van der Waals surface area contributed by atoms with E-state index in [-0.39, 0.29) is 23.2 Å². The van der Waals surface area contributed by atoms with Crippen LogP contribution in [0.25, 0.3) is 17.4 Å². The molecule has 3 heterocycles. The average Bonchev–Trinajstić information content (AvgIpc) is 3.24. The molecule has 0 atom stereocenters. The molecule has 1 amide bonds. The van der Waals surface area contributed by atoms with Gasteiger partial charge in [-0.2, -0.15) is 9.50 Å². The third-order valence-corrected chi connectivity index (χ3v) is 4.31. The first-order valence-electron chi connectivity index (χ1n) is 8.05. The highest BCUT2D eigenvalue weighted by molar-refractivity contribution is 5.92. The average molecular weight is 327 g/mol. The quantitative estimate of drug-likeness (QED) is 0.767. The number of amides is 1. The normalized spacial score (nSPS) is 15.7. The number of fused-ring (bicyclic) bond motifs is 1. The van der Waals surface area contributed by atoms with Crippen molar-refractivity contribution in [2.75, 3.05) is 5.32 Å². The predicted molar refractivity (Wildman–Crippen MR) is 86.5 cm³/mol. The Morgan fingerprint density at radius 2 is 2.17 bits per heavy atom. The van der Waals surface area contributed by atoms with Crippen molar-refractivity contribution >= 4 is 17.5 Å². The van der Waals surface area contributed by atoms with E-state index >= 15 is 0 Å². The summed E-state index contributed by atoms with van der Waals surface area (Å²) in [6, 6.07) is 4.77. The van der Waals surface area contributed by atoms with E-state index in [4.69, 9.17) is 4.42 Å². The number of nitrogens with zero attached hydrogens (tertiary/aromatic N) is 3. The first-order chi connectivity index (χ1) is 11.7. The summed E-state index contributed by atoms with van der Waals surface area (Å²) in [6.45, 7) is 0. The molecule has 0 saturated heterocycles. The van der Waals surface area contributed by atoms with Gasteiger partial charge in [0, 0.05) is 12.0 Å². The summed E-state index contributed by atoms with van der Waals surface area (Å²) < 4.78 is 6.69. The number of hydrogen-bond acceptors (Lipinski definition) is 5. The van der Waals surface area contributed by atoms with Gasteiger partial charge in [-0.15, -0.1) is 5.10 Å². The maximum absolute atomic E-state index is 12.5. The minimum atomic E-state index is -0.347. The molecule has 1 aliphatic rings. The largest absolute Gasteiger partial charge is 0.461 e. The Bertz CT molecular complexity index is 919. The Hall–Kier alpha value is -2.90. The molecule has 0 spiro atoms. The number of aromatic amines is 1. The zero-order chi connectivity index (χ0) is 16.5. The summed E-state index contributed by atoms with van der Waals surface area (Å²) in [4.78, 5) is 31.2. The van der Waals surface area contributed by atoms with E-state index < -0.39 is 0 Å². The molecule has 3 aromatic rings. The van der Waals surface area contributed by atoms with Crippen molar-refractivity contribution in [2.45, 2.75) is 32.1 Å². The maximum Gasteiger partial charge on any atom is 0.254 e. The summed E-state index contributed by atoms with van der Waals surface area (Å²) in [5, 5.41) is 7.15. The van der Waals surface area contributed by atoms with Gasteiger partial charge in [0.2, 0.25) is 17.5 Å². The van der Waals surface area contributed by atoms with Gasteiger partial charge in [0.15, 0.2) is 5.76 Å². The van der Waals surface area contributed by atoms with E-state index in [0.29, 0.717) is 17.4 Å². The standard InChI is InChI=1S/C16H17N5O3/c22-13-9-12(17-15(23)10-5-2-1-3-6-10)21-16(18-13)19-14(20-21)11-7-4-8-24-11/h4,7-10H,1-3,5-6H2,(H,17,23)(H,18,19,20,22). The van der Waals surface area contributed by atoms with Crippen molar-refractivity contribution < 1.29 is 9.21 Å². The molecule has 24 heavy (non-hydrogen) atoms. The molecule has 124 valence electrons. The second-order valence-electron chi connectivity index (χ2n) is 5.99. The van der Waals surface area contributed by atoms with Crippen molar-refractivity contribution in [3.8, 4) is 11.6 Å². The van der Waals surface area contributed by atoms with Crippen LogP contribution in [-0.2, 0) is 4.79 Å². The van der Waals surface area contributed by atoms with Gasteiger partial charge in [0.1, 0.15) is 5.82 Å². The zero-order valence-corrected chi connectivity index (χ0v) is 13.0. The van der Waals surface area contributed by atoms with Crippen LogP contribution in [0.2, 0.25) is 0 Å². The number of nitrogens with one attached hydrogen (secondary N) is 2. The Balaban J connectivity index is 1.69. The molecule has 1 fully saturated rings. The fourth-order valence-corrected chi connectivity index (χ4v) is 3.08. The summed E-state index contributed by atoms with van der Waals surface area (Å²) >= 11 is 0. The van der Waals surface area contributed by atoms with Crippen molar-refractivity contribution in [3.05, 3.63) is 34.8 Å². The lowest BCUT2D eigenvalue weighted by Crippen LogP contribution is -2.27. The summed E-state index contributed by atoms with van der Waals surface area (Å²) in [7, 11) is 0. The highest BCUT2D eigenvalue weighted by Gasteiger charge is 2.22. The second-order valence-corrected chi connectivity index (χ2v) is 5.99. The number of anilines is 1. The molecule has 4 rings (SSSR count). The Morgan fingerprint density at radius 1 is 1.33 bits per heavy atom. The number of aromatic nitrogens is 4. The van der Waals surface area contributed by atoms with E-state index in [1.807, 2.05) is 0 Å². The molecule has 0 radical (unpaired) electrons. The topological polar surface area (TPSA) is 105 Å². The molecule has 1 saturated carbocycles. The molecule has 0 unspecified atom stereocenters. The van der Waals surface area contributed by atoms with Gasteiger partial charge < -0.3 is 9.73 Å². The van der Waals surface area contributed by atoms with Crippen LogP contribution in [0, 0.1) is 5.92 Å². The Morgan fingerprint density at radius 3 is 2.92 bits per heavy atom. The Kier molecular flexibility index (Phi) is 3.64. The number of H-pyrrole nitrogens is 1. The van der Waals surface area contributed by atoms with E-state index in [0.717, 1.165) is 25.7 Å². The minimum Gasteiger partial charge on any atom is -0.461 e. The van der Waals surface area contributed by atoms with Crippen LogP contribution in [0.5, 0.6) is 0 Å². The van der Waals surface area contributed by atoms with E-state index in [1.165, 1.54) is 23.3 Å². The van der Waals surface area contributed by atoms with Crippen LogP contribution in [0.3, 0.4) is 0 Å². The molecule has 8 nitrogen and oxygen atoms in total. The first kappa shape index (κ1) is 14.7. The molecule has 1 aliphatic carbocycles. The predicted octanol–water partition coefficient (Wildman–Crippen LogP) is 2.20. The smallest absolute Gasteiger partial charge is 0.254 e. The molecule has 0 aliphatic heterocycles. The third kappa shape index (κ3) is 2.70. The third-order valence-electron chi connectivity index (χ3n) is 4.31. The monoisotopic (exact) mass is 327 g/mol. The van der Waals surface area contributed by atoms with Crippen molar-refractivity contribution in [3.63, 3.8) is 0 Å². The summed E-state index contributed by atoms with van der Waals surface area (Å²) in [5.41, 5.74) is -0.347. The first-order valence-corrected chi connectivity index (χ1v) is 8.05. The van der Waals surface area contributed by atoms with E-state index in [2.05, 4.69) is 20.4 Å². The lowest BCUT2D eigenvalue weighted by Gasteiger charge is -2.20. The highest BCUT2D eigenvalue weighted by atomic mass is 16.3. The SMILES string of the molecule is O=C(Nc1cc(=O)[nH]c2nc(-c3ccco3)nn12)C1CCCCC1. The number of carbonyl (C=O) groups is 1. The van der Waals surface area contributed by atoms with E-state index in [1.54, 1.807) is 12.1 Å². The molecule has 0 aromatic carbocycles. The highest BCUT2D eigenvalue weighted by Crippen LogP contribution is 2.25. The van der Waals surface area contributed by atoms with Crippen molar-refractivity contribution in [1.82, 2.24) is 19.6 Å². The lowest BCUT2D eigenvalue weighted by atomic mass is 9.89.